The summed E-state index contributed by atoms with van der Waals surface area (Å²) in [6.07, 6.45) is 2.45. The van der Waals surface area contributed by atoms with Crippen molar-refractivity contribution in [3.05, 3.63) is 34.5 Å². The van der Waals surface area contributed by atoms with E-state index in [-0.39, 0.29) is 0 Å². The van der Waals surface area contributed by atoms with Gasteiger partial charge in [-0.25, -0.2) is 0 Å². The molecule has 2 heteroatoms. The highest BCUT2D eigenvalue weighted by Gasteiger charge is 2.02. The van der Waals surface area contributed by atoms with E-state index in [9.17, 15) is 0 Å². The lowest BCUT2D eigenvalue weighted by Gasteiger charge is -1.89. The van der Waals surface area contributed by atoms with Gasteiger partial charge in [0.1, 0.15) is 0 Å². The summed E-state index contributed by atoms with van der Waals surface area (Å²) in [6, 6.07) is 6.62. The molecule has 2 heterocycles. The zero-order chi connectivity index (χ0) is 9.10. The zero-order valence-corrected chi connectivity index (χ0v) is 9.25. The van der Waals surface area contributed by atoms with Crippen LogP contribution in [0.1, 0.15) is 18.9 Å². The first-order chi connectivity index (χ1) is 6.40. The predicted molar refractivity (Wildman–Crippen MR) is 61.6 cm³/mol. The minimum Gasteiger partial charge on any atom is -0.143 e. The van der Waals surface area contributed by atoms with Gasteiger partial charge in [-0.05, 0) is 34.9 Å². The van der Waals surface area contributed by atoms with Gasteiger partial charge in [-0.15, -0.1) is 22.7 Å². The van der Waals surface area contributed by atoms with Crippen molar-refractivity contribution in [2.45, 2.75) is 19.8 Å². The molecular formula is C11H12S2. The fourth-order valence-corrected chi connectivity index (χ4v) is 3.14. The number of aryl methyl sites for hydroxylation is 1. The largest absolute Gasteiger partial charge is 0.143 e. The standard InChI is InChI=1S/C11H12S2/c1-2-4-9-7-11(13-8-9)10-5-3-6-12-10/h3,5-8H,2,4H2,1H3. The van der Waals surface area contributed by atoms with Gasteiger partial charge in [0.05, 0.1) is 0 Å². The van der Waals surface area contributed by atoms with E-state index in [0.717, 1.165) is 0 Å². The molecule has 0 fully saturated rings. The third-order valence-electron chi connectivity index (χ3n) is 1.96. The molecule has 13 heavy (non-hydrogen) atoms. The van der Waals surface area contributed by atoms with Crippen LogP contribution in [0.2, 0.25) is 0 Å². The van der Waals surface area contributed by atoms with E-state index < -0.39 is 0 Å². The Morgan fingerprint density at radius 1 is 1.23 bits per heavy atom. The summed E-state index contributed by atoms with van der Waals surface area (Å²) in [7, 11) is 0. The van der Waals surface area contributed by atoms with Crippen molar-refractivity contribution in [1.82, 2.24) is 0 Å². The van der Waals surface area contributed by atoms with E-state index in [1.807, 2.05) is 22.7 Å². The van der Waals surface area contributed by atoms with Crippen LogP contribution in [0.3, 0.4) is 0 Å². The topological polar surface area (TPSA) is 0 Å². The predicted octanol–water partition coefficient (Wildman–Crippen LogP) is 4.43. The van der Waals surface area contributed by atoms with Gasteiger partial charge < -0.3 is 0 Å². The quantitative estimate of drug-likeness (QED) is 0.700. The first-order valence-corrected chi connectivity index (χ1v) is 6.27. The maximum absolute atomic E-state index is 2.32. The van der Waals surface area contributed by atoms with Crippen LogP contribution in [0, 0.1) is 0 Å². The molecule has 0 aliphatic rings. The van der Waals surface area contributed by atoms with Crippen molar-refractivity contribution in [3.8, 4) is 9.75 Å². The maximum Gasteiger partial charge on any atom is 0.0445 e. The monoisotopic (exact) mass is 208 g/mol. The first-order valence-electron chi connectivity index (χ1n) is 4.51. The minimum atomic E-state index is 1.21. The summed E-state index contributed by atoms with van der Waals surface area (Å²) < 4.78 is 0. The van der Waals surface area contributed by atoms with E-state index in [2.05, 4.69) is 35.9 Å². The van der Waals surface area contributed by atoms with Crippen molar-refractivity contribution in [1.29, 1.82) is 0 Å². The lowest BCUT2D eigenvalue weighted by atomic mass is 10.2. The molecular weight excluding hydrogens is 196 g/mol. The highest BCUT2D eigenvalue weighted by molar-refractivity contribution is 7.20. The summed E-state index contributed by atoms with van der Waals surface area (Å²) in [5.74, 6) is 0. The number of thiophene rings is 2. The van der Waals surface area contributed by atoms with Gasteiger partial charge in [0.15, 0.2) is 0 Å². The fourth-order valence-electron chi connectivity index (χ4n) is 1.34. The Morgan fingerprint density at radius 2 is 2.15 bits per heavy atom. The van der Waals surface area contributed by atoms with Crippen molar-refractivity contribution in [3.63, 3.8) is 0 Å². The smallest absolute Gasteiger partial charge is 0.0445 e. The van der Waals surface area contributed by atoms with E-state index in [0.29, 0.717) is 0 Å². The molecule has 0 aromatic carbocycles. The first kappa shape index (κ1) is 8.97. The van der Waals surface area contributed by atoms with Crippen molar-refractivity contribution in [2.75, 3.05) is 0 Å². The average Bonchev–Trinajstić information content (AvgIpc) is 2.70. The van der Waals surface area contributed by atoms with Gasteiger partial charge in [0.25, 0.3) is 0 Å². The fraction of sp³-hybridized carbons (Fsp3) is 0.273. The second-order valence-corrected chi connectivity index (χ2v) is 4.91. The number of rotatable bonds is 3. The summed E-state index contributed by atoms with van der Waals surface area (Å²) in [5, 5.41) is 4.41. The highest BCUT2D eigenvalue weighted by atomic mass is 32.1. The van der Waals surface area contributed by atoms with Crippen LogP contribution in [-0.4, -0.2) is 0 Å². The van der Waals surface area contributed by atoms with Crippen molar-refractivity contribution in [2.24, 2.45) is 0 Å². The Morgan fingerprint density at radius 3 is 2.85 bits per heavy atom. The van der Waals surface area contributed by atoms with Gasteiger partial charge in [-0.2, -0.15) is 0 Å². The molecule has 68 valence electrons. The Hall–Kier alpha value is -0.600. The lowest BCUT2D eigenvalue weighted by molar-refractivity contribution is 0.927. The normalized spacial score (nSPS) is 10.5. The van der Waals surface area contributed by atoms with Crippen LogP contribution in [0.25, 0.3) is 9.75 Å². The minimum absolute atomic E-state index is 1.21. The second kappa shape index (κ2) is 4.07. The summed E-state index contributed by atoms with van der Waals surface area (Å²) >= 11 is 3.68. The van der Waals surface area contributed by atoms with Crippen LogP contribution in [0.15, 0.2) is 29.0 Å². The molecule has 0 atom stereocenters. The van der Waals surface area contributed by atoms with Gasteiger partial charge in [-0.3, -0.25) is 0 Å². The van der Waals surface area contributed by atoms with Gasteiger partial charge >= 0.3 is 0 Å². The SMILES string of the molecule is CCCc1csc(-c2cccs2)c1. The Kier molecular flexibility index (Phi) is 2.81. The lowest BCUT2D eigenvalue weighted by Crippen LogP contribution is -1.74. The third kappa shape index (κ3) is 2.01. The van der Waals surface area contributed by atoms with E-state index in [1.165, 1.54) is 28.2 Å². The van der Waals surface area contributed by atoms with Gasteiger partial charge in [-0.1, -0.05) is 19.4 Å². The second-order valence-electron chi connectivity index (χ2n) is 3.05. The maximum atomic E-state index is 2.32. The Labute approximate surface area is 86.9 Å². The van der Waals surface area contributed by atoms with Gasteiger partial charge in [0.2, 0.25) is 0 Å². The summed E-state index contributed by atoms with van der Waals surface area (Å²) in [5.41, 5.74) is 1.48. The summed E-state index contributed by atoms with van der Waals surface area (Å²) in [6.45, 7) is 2.22. The van der Waals surface area contributed by atoms with Crippen molar-refractivity contribution < 1.29 is 0 Å². The molecule has 0 saturated heterocycles. The molecule has 0 bridgehead atoms. The van der Waals surface area contributed by atoms with E-state index in [1.54, 1.807) is 0 Å². The molecule has 0 unspecified atom stereocenters. The molecule has 0 aliphatic carbocycles. The Bertz CT molecular complexity index is 357. The molecule has 2 rings (SSSR count). The van der Waals surface area contributed by atoms with Crippen molar-refractivity contribution >= 4 is 22.7 Å². The van der Waals surface area contributed by atoms with Crippen LogP contribution in [0.5, 0.6) is 0 Å². The molecule has 0 aliphatic heterocycles. The molecule has 0 nitrogen and oxygen atoms in total. The number of hydrogen-bond acceptors (Lipinski definition) is 2. The van der Waals surface area contributed by atoms with Crippen LogP contribution in [0.4, 0.5) is 0 Å². The third-order valence-corrected chi connectivity index (χ3v) is 4.00. The Balaban J connectivity index is 2.23. The molecule has 0 saturated carbocycles. The molecule has 0 radical (unpaired) electrons. The highest BCUT2D eigenvalue weighted by Crippen LogP contribution is 2.30. The molecule has 0 amide bonds. The van der Waals surface area contributed by atoms with E-state index >= 15 is 0 Å². The molecule has 0 spiro atoms. The molecule has 0 N–H and O–H groups in total. The van der Waals surface area contributed by atoms with Crippen LogP contribution < -0.4 is 0 Å². The molecule has 2 aromatic rings. The van der Waals surface area contributed by atoms with Crippen LogP contribution >= 0.6 is 22.7 Å². The summed E-state index contributed by atoms with van der Waals surface area (Å²) in [4.78, 5) is 2.81. The number of hydrogen-bond donors (Lipinski definition) is 0. The van der Waals surface area contributed by atoms with E-state index in [4.69, 9.17) is 0 Å². The average molecular weight is 208 g/mol. The zero-order valence-electron chi connectivity index (χ0n) is 7.62. The van der Waals surface area contributed by atoms with Crippen LogP contribution in [-0.2, 0) is 6.42 Å². The molecule has 2 aromatic heterocycles. The van der Waals surface area contributed by atoms with Gasteiger partial charge in [0, 0.05) is 9.75 Å².